The summed E-state index contributed by atoms with van der Waals surface area (Å²) in [5, 5.41) is 0.274. The summed E-state index contributed by atoms with van der Waals surface area (Å²) >= 11 is 6.79. The van der Waals surface area contributed by atoms with Gasteiger partial charge in [0.2, 0.25) is 0 Å². The van der Waals surface area contributed by atoms with Gasteiger partial charge in [-0.15, -0.1) is 0 Å². The topological polar surface area (TPSA) is 9.23 Å². The third kappa shape index (κ3) is 5.47. The lowest BCUT2D eigenvalue weighted by Crippen LogP contribution is -2.44. The quantitative estimate of drug-likeness (QED) is 0.579. The molecule has 0 saturated heterocycles. The second kappa shape index (κ2) is 6.16. The summed E-state index contributed by atoms with van der Waals surface area (Å²) in [6.07, 6.45) is 2.39. The van der Waals surface area contributed by atoms with Crippen molar-refractivity contribution in [2.24, 2.45) is 5.92 Å². The van der Waals surface area contributed by atoms with Crippen LogP contribution in [-0.2, 0) is 4.43 Å². The summed E-state index contributed by atoms with van der Waals surface area (Å²) in [6, 6.07) is 0. The molecule has 0 rings (SSSR count). The largest absolute Gasteiger partial charge is 0.414 e. The number of hydrogen-bond donors (Lipinski definition) is 0. The molecule has 0 aromatic rings. The van der Waals surface area contributed by atoms with E-state index < -0.39 is 8.32 Å². The number of rotatable bonds is 4. The van der Waals surface area contributed by atoms with Gasteiger partial charge in [0.25, 0.3) is 0 Å². The standard InChI is InChI=1S/C12H24Br2OSi/c1-9(8-11(13)14)10(2)15-16(6,7)12(3,4)5/h8-10H,1-7H3/t9-,10+/m1/s1. The Bertz CT molecular complexity index is 252. The molecule has 0 heterocycles. The van der Waals surface area contributed by atoms with Crippen LogP contribution < -0.4 is 0 Å². The molecule has 0 fully saturated rings. The van der Waals surface area contributed by atoms with Gasteiger partial charge in [0, 0.05) is 12.0 Å². The van der Waals surface area contributed by atoms with Gasteiger partial charge >= 0.3 is 0 Å². The maximum Gasteiger partial charge on any atom is 0.192 e. The molecule has 0 bridgehead atoms. The van der Waals surface area contributed by atoms with Crippen molar-refractivity contribution in [3.05, 3.63) is 9.47 Å². The van der Waals surface area contributed by atoms with E-state index in [1.165, 1.54) is 0 Å². The maximum atomic E-state index is 6.32. The molecule has 0 amide bonds. The molecule has 4 heteroatoms. The minimum Gasteiger partial charge on any atom is -0.414 e. The van der Waals surface area contributed by atoms with Gasteiger partial charge in [-0.25, -0.2) is 0 Å². The Kier molecular flexibility index (Phi) is 6.50. The fourth-order valence-corrected chi connectivity index (χ4v) is 3.41. The molecule has 0 saturated carbocycles. The molecule has 0 aliphatic heterocycles. The van der Waals surface area contributed by atoms with Crippen LogP contribution in [0.4, 0.5) is 0 Å². The summed E-state index contributed by atoms with van der Waals surface area (Å²) in [4.78, 5) is 0. The van der Waals surface area contributed by atoms with Crippen LogP contribution in [0.1, 0.15) is 34.6 Å². The van der Waals surface area contributed by atoms with Gasteiger partial charge in [0.1, 0.15) is 0 Å². The van der Waals surface area contributed by atoms with Crippen molar-refractivity contribution in [2.45, 2.75) is 58.9 Å². The fourth-order valence-electron chi connectivity index (χ4n) is 1.08. The highest BCUT2D eigenvalue weighted by Gasteiger charge is 2.38. The highest BCUT2D eigenvalue weighted by molar-refractivity contribution is 9.28. The fraction of sp³-hybridized carbons (Fsp3) is 0.833. The first-order valence-corrected chi connectivity index (χ1v) is 10.2. The van der Waals surface area contributed by atoms with Crippen molar-refractivity contribution < 1.29 is 4.43 Å². The third-order valence-corrected chi connectivity index (χ3v) is 8.52. The molecule has 0 N–H and O–H groups in total. The van der Waals surface area contributed by atoms with Crippen molar-refractivity contribution in [1.29, 1.82) is 0 Å². The first kappa shape index (κ1) is 16.9. The number of hydrogen-bond acceptors (Lipinski definition) is 1. The van der Waals surface area contributed by atoms with Crippen LogP contribution in [-0.4, -0.2) is 14.4 Å². The summed E-state index contributed by atoms with van der Waals surface area (Å²) in [5.74, 6) is 0.405. The molecule has 1 nitrogen and oxygen atoms in total. The molecule has 96 valence electrons. The van der Waals surface area contributed by atoms with Gasteiger partial charge in [0.15, 0.2) is 8.32 Å². The highest BCUT2D eigenvalue weighted by Crippen LogP contribution is 2.38. The molecule has 0 aromatic carbocycles. The normalized spacial score (nSPS) is 16.8. The van der Waals surface area contributed by atoms with E-state index in [2.05, 4.69) is 85.6 Å². The van der Waals surface area contributed by atoms with Gasteiger partial charge < -0.3 is 4.43 Å². The minimum absolute atomic E-state index is 0.256. The van der Waals surface area contributed by atoms with Crippen molar-refractivity contribution in [1.82, 2.24) is 0 Å². The second-order valence-electron chi connectivity index (χ2n) is 5.90. The predicted molar refractivity (Wildman–Crippen MR) is 82.8 cm³/mol. The predicted octanol–water partition coefficient (Wildman–Crippen LogP) is 5.66. The van der Waals surface area contributed by atoms with Gasteiger partial charge in [-0.2, -0.15) is 0 Å². The minimum atomic E-state index is -1.64. The Hall–Kier alpha value is 0.877. The molecule has 0 aliphatic rings. The molecule has 0 aromatic heterocycles. The molecule has 0 radical (unpaired) electrons. The zero-order valence-electron chi connectivity index (χ0n) is 11.4. The molecule has 0 spiro atoms. The average Bonchev–Trinajstić information content (AvgIpc) is 1.99. The van der Waals surface area contributed by atoms with Crippen LogP contribution in [0.25, 0.3) is 0 Å². The van der Waals surface area contributed by atoms with E-state index in [0.717, 1.165) is 3.39 Å². The zero-order chi connectivity index (χ0) is 13.1. The van der Waals surface area contributed by atoms with E-state index >= 15 is 0 Å². The van der Waals surface area contributed by atoms with E-state index in [-0.39, 0.29) is 11.1 Å². The lowest BCUT2D eigenvalue weighted by atomic mass is 10.1. The zero-order valence-corrected chi connectivity index (χ0v) is 15.6. The van der Waals surface area contributed by atoms with Crippen LogP contribution in [0.2, 0.25) is 18.1 Å². The first-order chi connectivity index (χ1) is 6.97. The average molecular weight is 372 g/mol. The summed E-state index contributed by atoms with van der Waals surface area (Å²) in [5.41, 5.74) is 0. The monoisotopic (exact) mass is 370 g/mol. The van der Waals surface area contributed by atoms with Gasteiger partial charge in [-0.1, -0.05) is 33.8 Å². The number of halogens is 2. The third-order valence-electron chi connectivity index (χ3n) is 3.42. The Balaban J connectivity index is 4.57. The molecule has 2 atom stereocenters. The Morgan fingerprint density at radius 1 is 1.19 bits per heavy atom. The van der Waals surface area contributed by atoms with Gasteiger partial charge in [-0.05, 0) is 56.9 Å². The summed E-state index contributed by atoms with van der Waals surface area (Å²) in [7, 11) is -1.64. The van der Waals surface area contributed by atoms with Crippen LogP contribution >= 0.6 is 31.9 Å². The molecule has 0 unspecified atom stereocenters. The smallest absolute Gasteiger partial charge is 0.192 e. The van der Waals surface area contributed by atoms with E-state index in [1.54, 1.807) is 0 Å². The van der Waals surface area contributed by atoms with E-state index in [9.17, 15) is 0 Å². The van der Waals surface area contributed by atoms with Crippen molar-refractivity contribution >= 4 is 40.2 Å². The van der Waals surface area contributed by atoms with E-state index in [1.807, 2.05) is 0 Å². The maximum absolute atomic E-state index is 6.32. The lowest BCUT2D eigenvalue weighted by Gasteiger charge is -2.39. The molecular weight excluding hydrogens is 348 g/mol. The van der Waals surface area contributed by atoms with Crippen LogP contribution in [0.3, 0.4) is 0 Å². The molecule has 16 heavy (non-hydrogen) atoms. The Morgan fingerprint density at radius 3 is 1.94 bits per heavy atom. The second-order valence-corrected chi connectivity index (χ2v) is 13.4. The lowest BCUT2D eigenvalue weighted by molar-refractivity contribution is 0.164. The van der Waals surface area contributed by atoms with Crippen molar-refractivity contribution in [3.8, 4) is 0 Å². The van der Waals surface area contributed by atoms with E-state index in [0.29, 0.717) is 5.92 Å². The molecular formula is C12H24Br2OSi. The van der Waals surface area contributed by atoms with Crippen molar-refractivity contribution in [3.63, 3.8) is 0 Å². The van der Waals surface area contributed by atoms with Gasteiger partial charge in [-0.3, -0.25) is 0 Å². The molecule has 0 aliphatic carbocycles. The summed E-state index contributed by atoms with van der Waals surface area (Å²) in [6.45, 7) is 15.7. The SMILES string of the molecule is C[C@H](C=C(Br)Br)[C@H](C)O[Si](C)(C)C(C)(C)C. The van der Waals surface area contributed by atoms with E-state index in [4.69, 9.17) is 4.43 Å². The van der Waals surface area contributed by atoms with Crippen LogP contribution in [0, 0.1) is 5.92 Å². The van der Waals surface area contributed by atoms with Crippen LogP contribution in [0.5, 0.6) is 0 Å². The Labute approximate surface area is 118 Å². The Morgan fingerprint density at radius 2 is 1.62 bits per heavy atom. The van der Waals surface area contributed by atoms with Crippen LogP contribution in [0.15, 0.2) is 9.47 Å². The van der Waals surface area contributed by atoms with Gasteiger partial charge in [0.05, 0.1) is 3.39 Å². The first-order valence-electron chi connectivity index (χ1n) is 5.68. The summed E-state index contributed by atoms with van der Waals surface area (Å²) < 4.78 is 7.32. The van der Waals surface area contributed by atoms with Crippen molar-refractivity contribution in [2.75, 3.05) is 0 Å². The highest BCUT2D eigenvalue weighted by atomic mass is 79.9.